The van der Waals surface area contributed by atoms with Crippen molar-refractivity contribution in [3.63, 3.8) is 0 Å². The molecule has 0 saturated carbocycles. The van der Waals surface area contributed by atoms with Crippen molar-refractivity contribution < 1.29 is 4.39 Å². The lowest BCUT2D eigenvalue weighted by atomic mass is 10.1. The van der Waals surface area contributed by atoms with Gasteiger partial charge in [0.1, 0.15) is 11.6 Å². The molecule has 3 nitrogen and oxygen atoms in total. The maximum Gasteiger partial charge on any atom is 0.202 e. The van der Waals surface area contributed by atoms with Crippen LogP contribution in [0.2, 0.25) is 5.02 Å². The molecule has 3 rings (SSSR count). The Morgan fingerprint density at radius 3 is 2.65 bits per heavy atom. The fourth-order valence-corrected chi connectivity index (χ4v) is 3.03. The van der Waals surface area contributed by atoms with Crippen molar-refractivity contribution in [1.82, 2.24) is 9.36 Å². The largest absolute Gasteiger partial charge is 0.360 e. The van der Waals surface area contributed by atoms with Crippen LogP contribution in [0.25, 0.3) is 0 Å². The summed E-state index contributed by atoms with van der Waals surface area (Å²) < 4.78 is 17.2. The second kappa shape index (κ2) is 7.53. The Kier molecular flexibility index (Phi) is 5.20. The minimum atomic E-state index is -0.234. The van der Waals surface area contributed by atoms with Gasteiger partial charge in [-0.1, -0.05) is 41.9 Å². The molecule has 23 heavy (non-hydrogen) atoms. The van der Waals surface area contributed by atoms with Gasteiger partial charge in [-0.25, -0.2) is 9.37 Å². The topological polar surface area (TPSA) is 37.8 Å². The molecular weight excluding hydrogens is 333 g/mol. The van der Waals surface area contributed by atoms with Gasteiger partial charge in [-0.15, -0.1) is 0 Å². The lowest BCUT2D eigenvalue weighted by Gasteiger charge is -2.04. The van der Waals surface area contributed by atoms with E-state index in [1.165, 1.54) is 23.7 Å². The third-order valence-corrected chi connectivity index (χ3v) is 4.45. The van der Waals surface area contributed by atoms with Gasteiger partial charge in [-0.05, 0) is 35.7 Å². The van der Waals surface area contributed by atoms with Gasteiger partial charge in [0, 0.05) is 29.5 Å². The molecule has 0 bridgehead atoms. The van der Waals surface area contributed by atoms with E-state index in [0.29, 0.717) is 6.42 Å². The van der Waals surface area contributed by atoms with Gasteiger partial charge >= 0.3 is 0 Å². The van der Waals surface area contributed by atoms with Crippen LogP contribution in [0, 0.1) is 5.82 Å². The summed E-state index contributed by atoms with van der Waals surface area (Å²) in [4.78, 5) is 4.45. The lowest BCUT2D eigenvalue weighted by Crippen LogP contribution is -2.05. The summed E-state index contributed by atoms with van der Waals surface area (Å²) in [7, 11) is 0. The first-order valence-corrected chi connectivity index (χ1v) is 8.40. The normalized spacial score (nSPS) is 10.7. The summed E-state index contributed by atoms with van der Waals surface area (Å²) in [6.45, 7) is 0.745. The van der Waals surface area contributed by atoms with Crippen LogP contribution >= 0.6 is 23.1 Å². The molecule has 0 radical (unpaired) electrons. The van der Waals surface area contributed by atoms with Crippen molar-refractivity contribution >= 4 is 28.3 Å². The molecule has 0 saturated heterocycles. The summed E-state index contributed by atoms with van der Waals surface area (Å²) >= 11 is 7.46. The SMILES string of the molecule is Fc1ccc(Cc2nsc(NCCc3ccccc3Cl)n2)cc1. The third-order valence-electron chi connectivity index (χ3n) is 3.37. The highest BCUT2D eigenvalue weighted by atomic mass is 35.5. The van der Waals surface area contributed by atoms with E-state index in [4.69, 9.17) is 11.6 Å². The molecule has 2 aromatic carbocycles. The highest BCUT2D eigenvalue weighted by molar-refractivity contribution is 7.09. The van der Waals surface area contributed by atoms with Crippen LogP contribution in [0.1, 0.15) is 17.0 Å². The van der Waals surface area contributed by atoms with E-state index in [2.05, 4.69) is 14.7 Å². The molecule has 1 heterocycles. The van der Waals surface area contributed by atoms with Crippen LogP contribution in [-0.4, -0.2) is 15.9 Å². The van der Waals surface area contributed by atoms with Crippen molar-refractivity contribution in [2.75, 3.05) is 11.9 Å². The minimum absolute atomic E-state index is 0.234. The Bertz CT molecular complexity index is 774. The zero-order chi connectivity index (χ0) is 16.1. The predicted molar refractivity (Wildman–Crippen MR) is 92.8 cm³/mol. The molecule has 3 aromatic rings. The van der Waals surface area contributed by atoms with E-state index in [-0.39, 0.29) is 5.82 Å². The Labute approximate surface area is 143 Å². The average Bonchev–Trinajstić information content (AvgIpc) is 2.99. The second-order valence-corrected chi connectivity index (χ2v) is 6.25. The summed E-state index contributed by atoms with van der Waals surface area (Å²) in [5, 5.41) is 4.83. The zero-order valence-electron chi connectivity index (χ0n) is 12.3. The van der Waals surface area contributed by atoms with Crippen LogP contribution < -0.4 is 5.32 Å². The van der Waals surface area contributed by atoms with Crippen molar-refractivity contribution in [3.05, 3.63) is 76.3 Å². The molecule has 1 aromatic heterocycles. The van der Waals surface area contributed by atoms with Crippen molar-refractivity contribution in [1.29, 1.82) is 0 Å². The van der Waals surface area contributed by atoms with Crippen molar-refractivity contribution in [3.8, 4) is 0 Å². The lowest BCUT2D eigenvalue weighted by molar-refractivity contribution is 0.627. The van der Waals surface area contributed by atoms with E-state index in [1.54, 1.807) is 12.1 Å². The van der Waals surface area contributed by atoms with Crippen LogP contribution in [0.3, 0.4) is 0 Å². The van der Waals surface area contributed by atoms with E-state index in [0.717, 1.165) is 40.1 Å². The number of halogens is 2. The molecule has 0 unspecified atom stereocenters. The summed E-state index contributed by atoms with van der Waals surface area (Å²) in [5.74, 6) is 0.503. The maximum absolute atomic E-state index is 12.9. The highest BCUT2D eigenvalue weighted by Gasteiger charge is 2.06. The van der Waals surface area contributed by atoms with Crippen LogP contribution in [0.4, 0.5) is 9.52 Å². The van der Waals surface area contributed by atoms with Gasteiger partial charge in [0.25, 0.3) is 0 Å². The number of nitrogens with zero attached hydrogens (tertiary/aromatic N) is 2. The quantitative estimate of drug-likeness (QED) is 0.709. The Morgan fingerprint density at radius 2 is 1.87 bits per heavy atom. The number of nitrogens with one attached hydrogen (secondary N) is 1. The summed E-state index contributed by atoms with van der Waals surface area (Å²) in [6, 6.07) is 14.2. The minimum Gasteiger partial charge on any atom is -0.360 e. The Morgan fingerprint density at radius 1 is 1.09 bits per heavy atom. The van der Waals surface area contributed by atoms with E-state index in [1.807, 2.05) is 24.3 Å². The first kappa shape index (κ1) is 15.9. The van der Waals surface area contributed by atoms with Gasteiger partial charge in [0.05, 0.1) is 0 Å². The maximum atomic E-state index is 12.9. The van der Waals surface area contributed by atoms with Crippen molar-refractivity contribution in [2.24, 2.45) is 0 Å². The van der Waals surface area contributed by atoms with Gasteiger partial charge in [0.2, 0.25) is 5.13 Å². The van der Waals surface area contributed by atoms with Crippen LogP contribution in [-0.2, 0) is 12.8 Å². The van der Waals surface area contributed by atoms with E-state index >= 15 is 0 Å². The van der Waals surface area contributed by atoms with E-state index < -0.39 is 0 Å². The smallest absolute Gasteiger partial charge is 0.202 e. The fraction of sp³-hybridized carbons (Fsp3) is 0.176. The standard InChI is InChI=1S/C17H15ClFN3S/c18-15-4-2-1-3-13(15)9-10-20-17-21-16(22-23-17)11-12-5-7-14(19)8-6-12/h1-8H,9-11H2,(H,20,21,22). The fourth-order valence-electron chi connectivity index (χ4n) is 2.19. The number of benzene rings is 2. The average molecular weight is 348 g/mol. The van der Waals surface area contributed by atoms with Gasteiger partial charge in [-0.2, -0.15) is 4.37 Å². The van der Waals surface area contributed by atoms with Gasteiger partial charge in [-0.3, -0.25) is 0 Å². The molecule has 0 spiro atoms. The first-order chi connectivity index (χ1) is 11.2. The number of anilines is 1. The molecule has 118 valence electrons. The summed E-state index contributed by atoms with van der Waals surface area (Å²) in [5.41, 5.74) is 2.10. The number of hydrogen-bond acceptors (Lipinski definition) is 4. The number of aromatic nitrogens is 2. The molecule has 0 aliphatic carbocycles. The van der Waals surface area contributed by atoms with Gasteiger partial charge in [0.15, 0.2) is 0 Å². The molecule has 0 aliphatic heterocycles. The molecule has 0 aliphatic rings. The van der Waals surface area contributed by atoms with Gasteiger partial charge < -0.3 is 5.32 Å². The Balaban J connectivity index is 1.53. The molecule has 6 heteroatoms. The van der Waals surface area contributed by atoms with Crippen molar-refractivity contribution in [2.45, 2.75) is 12.8 Å². The van der Waals surface area contributed by atoms with Crippen LogP contribution in [0.15, 0.2) is 48.5 Å². The van der Waals surface area contributed by atoms with E-state index in [9.17, 15) is 4.39 Å². The number of hydrogen-bond donors (Lipinski definition) is 1. The highest BCUT2D eigenvalue weighted by Crippen LogP contribution is 2.17. The zero-order valence-corrected chi connectivity index (χ0v) is 13.9. The molecule has 0 atom stereocenters. The molecular formula is C17H15ClFN3S. The predicted octanol–water partition coefficient (Wildman–Crippen LogP) is 4.58. The number of rotatable bonds is 6. The third kappa shape index (κ3) is 4.50. The monoisotopic (exact) mass is 347 g/mol. The van der Waals surface area contributed by atoms with Crippen LogP contribution in [0.5, 0.6) is 0 Å². The molecule has 0 fully saturated rings. The molecule has 0 amide bonds. The molecule has 1 N–H and O–H groups in total. The second-order valence-electron chi connectivity index (χ2n) is 5.09. The summed E-state index contributed by atoms with van der Waals surface area (Å²) in [6.07, 6.45) is 1.43. The Hall–Kier alpha value is -1.98. The first-order valence-electron chi connectivity index (χ1n) is 7.25.